The third kappa shape index (κ3) is 2.87. The van der Waals surface area contributed by atoms with Crippen molar-refractivity contribution in [3.8, 4) is 11.3 Å². The molecule has 2 amide bonds. The molecule has 0 fully saturated rings. The lowest BCUT2D eigenvalue weighted by Crippen LogP contribution is -2.27. The number of nitrogens with zero attached hydrogens (tertiary/aromatic N) is 2. The molecule has 0 unspecified atom stereocenters. The minimum Gasteiger partial charge on any atom is -0.331 e. The van der Waals surface area contributed by atoms with Gasteiger partial charge in [0.2, 0.25) is 0 Å². The van der Waals surface area contributed by atoms with Gasteiger partial charge in [0, 0.05) is 25.0 Å². The number of anilines is 1. The van der Waals surface area contributed by atoms with Crippen LogP contribution in [-0.2, 0) is 0 Å². The summed E-state index contributed by atoms with van der Waals surface area (Å²) < 4.78 is 0. The van der Waals surface area contributed by atoms with Crippen LogP contribution in [0.5, 0.6) is 0 Å². The Bertz CT molecular complexity index is 546. The van der Waals surface area contributed by atoms with Crippen LogP contribution in [0.3, 0.4) is 0 Å². The van der Waals surface area contributed by atoms with E-state index in [4.69, 9.17) is 0 Å². The molecule has 0 saturated heterocycles. The fraction of sp³-hybridized carbons (Fsp3) is 0.231. The van der Waals surface area contributed by atoms with Crippen molar-refractivity contribution in [2.24, 2.45) is 0 Å². The van der Waals surface area contributed by atoms with Gasteiger partial charge in [-0.1, -0.05) is 29.8 Å². The van der Waals surface area contributed by atoms with Gasteiger partial charge in [-0.25, -0.2) is 9.78 Å². The fourth-order valence-corrected chi connectivity index (χ4v) is 2.10. The molecule has 1 aromatic carbocycles. The van der Waals surface area contributed by atoms with Crippen LogP contribution < -0.4 is 5.32 Å². The number of benzene rings is 1. The second kappa shape index (κ2) is 5.18. The van der Waals surface area contributed by atoms with Crippen LogP contribution in [0.2, 0.25) is 0 Å². The summed E-state index contributed by atoms with van der Waals surface area (Å²) in [5, 5.41) is 5.29. The summed E-state index contributed by atoms with van der Waals surface area (Å²) in [6, 6.07) is 7.99. The highest BCUT2D eigenvalue weighted by Gasteiger charge is 2.08. The Balaban J connectivity index is 2.15. The summed E-state index contributed by atoms with van der Waals surface area (Å²) in [6.07, 6.45) is 0. The van der Waals surface area contributed by atoms with Crippen LogP contribution >= 0.6 is 11.3 Å². The lowest BCUT2D eigenvalue weighted by atomic mass is 10.1. The molecule has 0 aliphatic carbocycles. The van der Waals surface area contributed by atoms with Crippen molar-refractivity contribution in [1.82, 2.24) is 9.88 Å². The summed E-state index contributed by atoms with van der Waals surface area (Å²) in [5.74, 6) is 0. The molecule has 18 heavy (non-hydrogen) atoms. The van der Waals surface area contributed by atoms with Gasteiger partial charge >= 0.3 is 6.03 Å². The van der Waals surface area contributed by atoms with Crippen LogP contribution in [-0.4, -0.2) is 30.0 Å². The monoisotopic (exact) mass is 261 g/mol. The summed E-state index contributed by atoms with van der Waals surface area (Å²) >= 11 is 1.42. The van der Waals surface area contributed by atoms with Crippen LogP contribution in [0, 0.1) is 6.92 Å². The predicted octanol–water partition coefficient (Wildman–Crippen LogP) is 3.21. The van der Waals surface area contributed by atoms with Gasteiger partial charge in [0.05, 0.1) is 5.69 Å². The maximum Gasteiger partial charge on any atom is 0.323 e. The van der Waals surface area contributed by atoms with Gasteiger partial charge < -0.3 is 4.90 Å². The van der Waals surface area contributed by atoms with E-state index in [2.05, 4.69) is 10.3 Å². The zero-order valence-electron chi connectivity index (χ0n) is 10.6. The van der Waals surface area contributed by atoms with Gasteiger partial charge in [-0.2, -0.15) is 0 Å². The van der Waals surface area contributed by atoms with Crippen LogP contribution in [0.1, 0.15) is 5.56 Å². The Morgan fingerprint density at radius 2 is 1.94 bits per heavy atom. The van der Waals surface area contributed by atoms with E-state index >= 15 is 0 Å². The average molecular weight is 261 g/mol. The van der Waals surface area contributed by atoms with E-state index in [0.717, 1.165) is 11.3 Å². The highest BCUT2D eigenvalue weighted by Crippen LogP contribution is 2.25. The number of rotatable bonds is 2. The first-order valence-electron chi connectivity index (χ1n) is 5.57. The third-order valence-corrected chi connectivity index (χ3v) is 3.23. The lowest BCUT2D eigenvalue weighted by Gasteiger charge is -2.09. The maximum absolute atomic E-state index is 11.5. The normalized spacial score (nSPS) is 10.2. The molecule has 0 saturated carbocycles. The Morgan fingerprint density at radius 1 is 1.28 bits per heavy atom. The number of hydrogen-bond donors (Lipinski definition) is 1. The minimum atomic E-state index is -0.167. The molecule has 2 aromatic rings. The Hall–Kier alpha value is -1.88. The Labute approximate surface area is 110 Å². The van der Waals surface area contributed by atoms with E-state index < -0.39 is 0 Å². The number of thiazole rings is 1. The number of hydrogen-bond acceptors (Lipinski definition) is 3. The Kier molecular flexibility index (Phi) is 3.62. The van der Waals surface area contributed by atoms with E-state index in [1.54, 1.807) is 14.1 Å². The third-order valence-electron chi connectivity index (χ3n) is 2.47. The highest BCUT2D eigenvalue weighted by atomic mass is 32.1. The number of aryl methyl sites for hydroxylation is 1. The van der Waals surface area contributed by atoms with Crippen molar-refractivity contribution in [3.05, 3.63) is 35.2 Å². The fourth-order valence-electron chi connectivity index (χ4n) is 1.39. The predicted molar refractivity (Wildman–Crippen MR) is 75.0 cm³/mol. The number of urea groups is 1. The SMILES string of the molecule is Cc1ccc(-c2csc(NC(=O)N(C)C)n2)cc1. The van der Waals surface area contributed by atoms with Crippen molar-refractivity contribution in [3.63, 3.8) is 0 Å². The van der Waals surface area contributed by atoms with Gasteiger partial charge in [0.25, 0.3) is 0 Å². The topological polar surface area (TPSA) is 45.2 Å². The molecule has 2 rings (SSSR count). The molecule has 0 bridgehead atoms. The summed E-state index contributed by atoms with van der Waals surface area (Å²) in [6.45, 7) is 2.05. The van der Waals surface area contributed by atoms with E-state index in [1.165, 1.54) is 21.8 Å². The number of aromatic nitrogens is 1. The second-order valence-electron chi connectivity index (χ2n) is 4.23. The van der Waals surface area contributed by atoms with E-state index in [1.807, 2.05) is 36.6 Å². The maximum atomic E-state index is 11.5. The average Bonchev–Trinajstić information content (AvgIpc) is 2.78. The van der Waals surface area contributed by atoms with Gasteiger partial charge in [-0.15, -0.1) is 11.3 Å². The molecule has 4 nitrogen and oxygen atoms in total. The van der Waals surface area contributed by atoms with E-state index in [-0.39, 0.29) is 6.03 Å². The van der Waals surface area contributed by atoms with Gasteiger partial charge in [-0.05, 0) is 6.92 Å². The van der Waals surface area contributed by atoms with Gasteiger partial charge in [0.15, 0.2) is 5.13 Å². The van der Waals surface area contributed by atoms with Crippen molar-refractivity contribution >= 4 is 22.5 Å². The van der Waals surface area contributed by atoms with Crippen LogP contribution in [0.25, 0.3) is 11.3 Å². The van der Waals surface area contributed by atoms with Crippen molar-refractivity contribution in [1.29, 1.82) is 0 Å². The molecule has 5 heteroatoms. The quantitative estimate of drug-likeness (QED) is 0.902. The first-order valence-corrected chi connectivity index (χ1v) is 6.45. The minimum absolute atomic E-state index is 0.167. The molecule has 1 N–H and O–H groups in total. The van der Waals surface area contributed by atoms with E-state index in [9.17, 15) is 4.79 Å². The van der Waals surface area contributed by atoms with Gasteiger partial charge in [0.1, 0.15) is 0 Å². The van der Waals surface area contributed by atoms with Gasteiger partial charge in [-0.3, -0.25) is 5.32 Å². The highest BCUT2D eigenvalue weighted by molar-refractivity contribution is 7.14. The first-order chi connectivity index (χ1) is 8.56. The first kappa shape index (κ1) is 12.6. The summed E-state index contributed by atoms with van der Waals surface area (Å²) in [7, 11) is 3.40. The summed E-state index contributed by atoms with van der Waals surface area (Å²) in [5.41, 5.74) is 3.16. The molecule has 0 atom stereocenters. The van der Waals surface area contributed by atoms with Crippen molar-refractivity contribution in [2.45, 2.75) is 6.92 Å². The Morgan fingerprint density at radius 3 is 2.56 bits per heavy atom. The number of nitrogens with one attached hydrogen (secondary N) is 1. The molecule has 94 valence electrons. The zero-order chi connectivity index (χ0) is 13.1. The number of amides is 2. The van der Waals surface area contributed by atoms with Crippen LogP contribution in [0.15, 0.2) is 29.6 Å². The second-order valence-corrected chi connectivity index (χ2v) is 5.09. The van der Waals surface area contributed by atoms with Crippen molar-refractivity contribution in [2.75, 3.05) is 19.4 Å². The van der Waals surface area contributed by atoms with Crippen LogP contribution in [0.4, 0.5) is 9.93 Å². The van der Waals surface area contributed by atoms with E-state index in [0.29, 0.717) is 5.13 Å². The number of carbonyl (C=O) groups excluding carboxylic acids is 1. The standard InChI is InChI=1S/C13H15N3OS/c1-9-4-6-10(7-5-9)11-8-18-12(14-11)15-13(17)16(2)3/h4-8H,1-3H3,(H,14,15,17). The molecule has 1 aromatic heterocycles. The summed E-state index contributed by atoms with van der Waals surface area (Å²) in [4.78, 5) is 17.4. The largest absolute Gasteiger partial charge is 0.331 e. The molecule has 0 aliphatic heterocycles. The molecular formula is C13H15N3OS. The smallest absolute Gasteiger partial charge is 0.323 e. The van der Waals surface area contributed by atoms with Crippen molar-refractivity contribution < 1.29 is 4.79 Å². The lowest BCUT2D eigenvalue weighted by molar-refractivity contribution is 0.230. The molecular weight excluding hydrogens is 246 g/mol. The molecule has 1 heterocycles. The molecule has 0 spiro atoms. The molecule has 0 radical (unpaired) electrons. The zero-order valence-corrected chi connectivity index (χ0v) is 11.4. The molecule has 0 aliphatic rings. The number of carbonyl (C=O) groups is 1.